The number of phenolic OH excluding ortho intramolecular Hbond substituents is 1. The van der Waals surface area contributed by atoms with E-state index in [0.29, 0.717) is 26.9 Å². The number of rotatable bonds is 7. The molecule has 0 spiro atoms. The minimum Gasteiger partial charge on any atom is -0.504 e. The van der Waals surface area contributed by atoms with Gasteiger partial charge in [-0.05, 0) is 59.7 Å². The molecule has 2 aromatic rings. The van der Waals surface area contributed by atoms with Crippen molar-refractivity contribution >= 4 is 46.9 Å². The predicted octanol–water partition coefficient (Wildman–Crippen LogP) is 4.96. The molecule has 2 aromatic carbocycles. The standard InChI is InChI=1S/C20H16Cl2O4/c1-26-20-9-3-13(10-19(20)25)2-6-16(23)12-17(24)7-4-14-11-15(21)5-8-18(14)22/h2-11,25H,12H2,1H3/b6-2+,7-4+. The molecule has 26 heavy (non-hydrogen) atoms. The summed E-state index contributed by atoms with van der Waals surface area (Å²) in [7, 11) is 1.45. The molecule has 0 aliphatic heterocycles. The fourth-order valence-corrected chi connectivity index (χ4v) is 2.48. The number of methoxy groups -OCH3 is 1. The third kappa shape index (κ3) is 5.76. The van der Waals surface area contributed by atoms with Gasteiger partial charge in [-0.15, -0.1) is 0 Å². The van der Waals surface area contributed by atoms with Gasteiger partial charge in [0.1, 0.15) is 0 Å². The molecule has 6 heteroatoms. The molecule has 2 rings (SSSR count). The summed E-state index contributed by atoms with van der Waals surface area (Å²) in [6.07, 6.45) is 5.36. The van der Waals surface area contributed by atoms with Crippen LogP contribution in [-0.2, 0) is 9.59 Å². The molecule has 0 saturated heterocycles. The lowest BCUT2D eigenvalue weighted by atomic mass is 10.1. The number of benzene rings is 2. The zero-order valence-electron chi connectivity index (χ0n) is 13.9. The zero-order valence-corrected chi connectivity index (χ0v) is 15.4. The van der Waals surface area contributed by atoms with Crippen LogP contribution in [0.3, 0.4) is 0 Å². The first kappa shape index (κ1) is 19.8. The first-order valence-electron chi connectivity index (χ1n) is 7.63. The molecular weight excluding hydrogens is 375 g/mol. The Kier molecular flexibility index (Phi) is 7.01. The summed E-state index contributed by atoms with van der Waals surface area (Å²) in [5, 5.41) is 10.7. The number of halogens is 2. The molecular formula is C20H16Cl2O4. The number of ketones is 2. The molecule has 0 bridgehead atoms. The number of hydrogen-bond acceptors (Lipinski definition) is 4. The highest BCUT2D eigenvalue weighted by molar-refractivity contribution is 6.34. The van der Waals surface area contributed by atoms with E-state index < -0.39 is 0 Å². The van der Waals surface area contributed by atoms with Gasteiger partial charge >= 0.3 is 0 Å². The van der Waals surface area contributed by atoms with Crippen molar-refractivity contribution in [3.05, 3.63) is 69.7 Å². The maximum absolute atomic E-state index is 11.9. The number of ether oxygens (including phenoxy) is 1. The first-order chi connectivity index (χ1) is 12.4. The summed E-state index contributed by atoms with van der Waals surface area (Å²) in [6.45, 7) is 0. The maximum Gasteiger partial charge on any atom is 0.163 e. The summed E-state index contributed by atoms with van der Waals surface area (Å²) in [5.41, 5.74) is 1.22. The summed E-state index contributed by atoms with van der Waals surface area (Å²) in [5.74, 6) is -0.395. The Morgan fingerprint density at radius 1 is 1.04 bits per heavy atom. The normalized spacial score (nSPS) is 11.2. The molecule has 134 valence electrons. The molecule has 0 amide bonds. The predicted molar refractivity (Wildman–Crippen MR) is 104 cm³/mol. The van der Waals surface area contributed by atoms with Crippen molar-refractivity contribution in [1.82, 2.24) is 0 Å². The number of carbonyl (C=O) groups is 2. The van der Waals surface area contributed by atoms with Crippen LogP contribution < -0.4 is 4.74 Å². The summed E-state index contributed by atoms with van der Waals surface area (Å²) in [6, 6.07) is 9.64. The molecule has 4 nitrogen and oxygen atoms in total. The molecule has 0 aliphatic carbocycles. The van der Waals surface area contributed by atoms with Crippen LogP contribution in [0.25, 0.3) is 12.2 Å². The maximum atomic E-state index is 11.9. The monoisotopic (exact) mass is 390 g/mol. The Hall–Kier alpha value is -2.56. The lowest BCUT2D eigenvalue weighted by Crippen LogP contribution is -2.01. The number of hydrogen-bond donors (Lipinski definition) is 1. The third-order valence-corrected chi connectivity index (χ3v) is 4.00. The Balaban J connectivity index is 1.96. The minimum atomic E-state index is -0.354. The van der Waals surface area contributed by atoms with E-state index in [2.05, 4.69) is 0 Å². The molecule has 0 aliphatic rings. The van der Waals surface area contributed by atoms with Crippen LogP contribution >= 0.6 is 23.2 Å². The van der Waals surface area contributed by atoms with E-state index in [1.165, 1.54) is 37.5 Å². The second-order valence-electron chi connectivity index (χ2n) is 5.37. The lowest BCUT2D eigenvalue weighted by molar-refractivity contribution is -0.121. The van der Waals surface area contributed by atoms with E-state index in [0.717, 1.165) is 0 Å². The molecule has 0 fully saturated rings. The average molecular weight is 391 g/mol. The van der Waals surface area contributed by atoms with Crippen molar-refractivity contribution in [1.29, 1.82) is 0 Å². The lowest BCUT2D eigenvalue weighted by Gasteiger charge is -2.03. The topological polar surface area (TPSA) is 63.6 Å². The van der Waals surface area contributed by atoms with Gasteiger partial charge in [0.15, 0.2) is 23.1 Å². The van der Waals surface area contributed by atoms with Crippen molar-refractivity contribution in [3.8, 4) is 11.5 Å². The fourth-order valence-electron chi connectivity index (χ4n) is 2.11. The first-order valence-corrected chi connectivity index (χ1v) is 8.38. The van der Waals surface area contributed by atoms with E-state index in [4.69, 9.17) is 27.9 Å². The molecule has 1 N–H and O–H groups in total. The highest BCUT2D eigenvalue weighted by Gasteiger charge is 2.05. The number of carbonyl (C=O) groups excluding carboxylic acids is 2. The third-order valence-electron chi connectivity index (χ3n) is 3.42. The summed E-state index contributed by atoms with van der Waals surface area (Å²) in [4.78, 5) is 23.8. The van der Waals surface area contributed by atoms with Gasteiger partial charge in [0.25, 0.3) is 0 Å². The van der Waals surface area contributed by atoms with Gasteiger partial charge in [-0.3, -0.25) is 9.59 Å². The Labute approximate surface area is 161 Å². The van der Waals surface area contributed by atoms with Crippen molar-refractivity contribution in [3.63, 3.8) is 0 Å². The highest BCUT2D eigenvalue weighted by Crippen LogP contribution is 2.26. The van der Waals surface area contributed by atoms with Crippen LogP contribution in [-0.4, -0.2) is 23.8 Å². The molecule has 0 aromatic heterocycles. The van der Waals surface area contributed by atoms with Crippen LogP contribution in [0.2, 0.25) is 10.0 Å². The number of phenols is 1. The smallest absolute Gasteiger partial charge is 0.163 e. The quantitative estimate of drug-likeness (QED) is 0.535. The summed E-state index contributed by atoms with van der Waals surface area (Å²) >= 11 is 11.9. The van der Waals surface area contributed by atoms with Crippen molar-refractivity contribution in [2.75, 3.05) is 7.11 Å². The molecule has 0 atom stereocenters. The van der Waals surface area contributed by atoms with Crippen LogP contribution in [0.1, 0.15) is 17.5 Å². The van der Waals surface area contributed by atoms with E-state index in [-0.39, 0.29) is 23.7 Å². The Bertz CT molecular complexity index is 885. The fraction of sp³-hybridized carbons (Fsp3) is 0.100. The van der Waals surface area contributed by atoms with Gasteiger partial charge in [0, 0.05) is 10.0 Å². The SMILES string of the molecule is COc1ccc(/C=C/C(=O)CC(=O)/C=C/c2cc(Cl)ccc2Cl)cc1O. The minimum absolute atomic E-state index is 0.0282. The van der Waals surface area contributed by atoms with Crippen LogP contribution in [0.4, 0.5) is 0 Å². The van der Waals surface area contributed by atoms with E-state index in [1.807, 2.05) is 0 Å². The van der Waals surface area contributed by atoms with E-state index in [1.54, 1.807) is 30.3 Å². The van der Waals surface area contributed by atoms with Crippen molar-refractivity contribution in [2.24, 2.45) is 0 Å². The van der Waals surface area contributed by atoms with Gasteiger partial charge < -0.3 is 9.84 Å². The number of allylic oxidation sites excluding steroid dienone is 2. The molecule has 0 radical (unpaired) electrons. The van der Waals surface area contributed by atoms with Gasteiger partial charge in [-0.25, -0.2) is 0 Å². The van der Waals surface area contributed by atoms with Crippen molar-refractivity contribution < 1.29 is 19.4 Å². The van der Waals surface area contributed by atoms with Gasteiger partial charge in [0.2, 0.25) is 0 Å². The summed E-state index contributed by atoms with van der Waals surface area (Å²) < 4.78 is 4.95. The van der Waals surface area contributed by atoms with Crippen LogP contribution in [0.15, 0.2) is 48.6 Å². The zero-order chi connectivity index (χ0) is 19.1. The second kappa shape index (κ2) is 9.22. The van der Waals surface area contributed by atoms with Gasteiger partial charge in [-0.2, -0.15) is 0 Å². The van der Waals surface area contributed by atoms with Gasteiger partial charge in [-0.1, -0.05) is 35.3 Å². The van der Waals surface area contributed by atoms with Gasteiger partial charge in [0.05, 0.1) is 13.5 Å². The largest absolute Gasteiger partial charge is 0.504 e. The van der Waals surface area contributed by atoms with Crippen LogP contribution in [0, 0.1) is 0 Å². The van der Waals surface area contributed by atoms with E-state index in [9.17, 15) is 14.7 Å². The highest BCUT2D eigenvalue weighted by atomic mass is 35.5. The molecule has 0 unspecified atom stereocenters. The Morgan fingerprint density at radius 2 is 1.73 bits per heavy atom. The second-order valence-corrected chi connectivity index (χ2v) is 6.22. The van der Waals surface area contributed by atoms with Crippen molar-refractivity contribution in [2.45, 2.75) is 6.42 Å². The Morgan fingerprint density at radius 3 is 2.38 bits per heavy atom. The van der Waals surface area contributed by atoms with E-state index >= 15 is 0 Å². The molecule has 0 heterocycles. The van der Waals surface area contributed by atoms with Crippen LogP contribution in [0.5, 0.6) is 11.5 Å². The number of aromatic hydroxyl groups is 1. The average Bonchev–Trinajstić information content (AvgIpc) is 2.61. The molecule has 0 saturated carbocycles.